The smallest absolute Gasteiger partial charge is 0.228 e. The van der Waals surface area contributed by atoms with Crippen molar-refractivity contribution in [3.05, 3.63) is 45.3 Å². The highest BCUT2D eigenvalue weighted by Gasteiger charge is 2.30. The molecule has 1 amide bonds. The molecule has 1 aliphatic rings. The normalized spacial score (nSPS) is 14.2. The predicted molar refractivity (Wildman–Crippen MR) is 81.8 cm³/mol. The number of carbonyl (C=O) groups excluding carboxylic acids is 1. The first-order chi connectivity index (χ1) is 10.0. The molecule has 110 valence electrons. The van der Waals surface area contributed by atoms with Crippen LogP contribution in [0.25, 0.3) is 0 Å². The number of nitrogens with one attached hydrogen (secondary N) is 1. The molecule has 3 rings (SSSR count). The molecule has 21 heavy (non-hydrogen) atoms. The minimum Gasteiger partial charge on any atom is -0.308 e. The van der Waals surface area contributed by atoms with E-state index >= 15 is 0 Å². The van der Waals surface area contributed by atoms with Crippen LogP contribution in [0.4, 0.5) is 10.2 Å². The van der Waals surface area contributed by atoms with Crippen molar-refractivity contribution < 1.29 is 9.18 Å². The van der Waals surface area contributed by atoms with Gasteiger partial charge in [-0.25, -0.2) is 4.39 Å². The number of aromatic nitrogens is 2. The number of hydrogen-bond donors (Lipinski definition) is 1. The fourth-order valence-corrected chi connectivity index (χ4v) is 2.61. The van der Waals surface area contributed by atoms with Crippen LogP contribution in [0.5, 0.6) is 0 Å². The average molecular weight is 373 g/mol. The van der Waals surface area contributed by atoms with Gasteiger partial charge in [0.25, 0.3) is 0 Å². The summed E-state index contributed by atoms with van der Waals surface area (Å²) in [5.41, 5.74) is 0.370. The largest absolute Gasteiger partial charge is 0.308 e. The van der Waals surface area contributed by atoms with Gasteiger partial charge in [-0.3, -0.25) is 9.48 Å². The summed E-state index contributed by atoms with van der Waals surface area (Å²) in [5.74, 6) is 0.144. The Labute approximate surface area is 134 Å². The molecule has 0 unspecified atom stereocenters. The number of hydrogen-bond acceptors (Lipinski definition) is 2. The summed E-state index contributed by atoms with van der Waals surface area (Å²) in [5, 5.41) is 7.37. The molecular weight excluding hydrogens is 361 g/mol. The van der Waals surface area contributed by atoms with Crippen molar-refractivity contribution in [2.75, 3.05) is 5.32 Å². The first-order valence-electron chi connectivity index (χ1n) is 6.51. The van der Waals surface area contributed by atoms with Crippen LogP contribution in [0.3, 0.4) is 0 Å². The van der Waals surface area contributed by atoms with Crippen LogP contribution in [0.1, 0.15) is 18.4 Å². The molecular formula is C14H12BrClFN3O. The number of amides is 1. The van der Waals surface area contributed by atoms with E-state index in [4.69, 9.17) is 11.6 Å². The molecule has 1 fully saturated rings. The van der Waals surface area contributed by atoms with Crippen molar-refractivity contribution in [2.24, 2.45) is 5.92 Å². The highest BCUT2D eigenvalue weighted by molar-refractivity contribution is 9.10. The van der Waals surface area contributed by atoms with Crippen LogP contribution in [-0.4, -0.2) is 15.7 Å². The summed E-state index contributed by atoms with van der Waals surface area (Å²) in [6.45, 7) is 0.198. The summed E-state index contributed by atoms with van der Waals surface area (Å²) in [6, 6.07) is 4.55. The van der Waals surface area contributed by atoms with Crippen molar-refractivity contribution in [3.63, 3.8) is 0 Å². The van der Waals surface area contributed by atoms with Crippen molar-refractivity contribution in [1.82, 2.24) is 9.78 Å². The van der Waals surface area contributed by atoms with E-state index in [9.17, 15) is 9.18 Å². The quantitative estimate of drug-likeness (QED) is 0.886. The highest BCUT2D eigenvalue weighted by atomic mass is 79.9. The van der Waals surface area contributed by atoms with E-state index in [1.165, 1.54) is 10.7 Å². The first-order valence-corrected chi connectivity index (χ1v) is 7.68. The van der Waals surface area contributed by atoms with Crippen molar-refractivity contribution in [2.45, 2.75) is 19.4 Å². The zero-order chi connectivity index (χ0) is 15.0. The number of rotatable bonds is 4. The second-order valence-corrected chi connectivity index (χ2v) is 6.25. The Morgan fingerprint density at radius 2 is 2.29 bits per heavy atom. The maximum absolute atomic E-state index is 13.8. The Hall–Kier alpha value is -1.40. The van der Waals surface area contributed by atoms with Gasteiger partial charge in [0, 0.05) is 22.7 Å². The Balaban J connectivity index is 1.78. The maximum Gasteiger partial charge on any atom is 0.228 e. The molecule has 7 heteroatoms. The summed E-state index contributed by atoms with van der Waals surface area (Å²) < 4.78 is 16.0. The molecule has 0 radical (unpaired) electrons. The summed E-state index contributed by atoms with van der Waals surface area (Å²) >= 11 is 9.34. The second-order valence-electron chi connectivity index (χ2n) is 4.99. The topological polar surface area (TPSA) is 46.9 Å². The molecule has 1 aromatic heterocycles. The van der Waals surface area contributed by atoms with Gasteiger partial charge >= 0.3 is 0 Å². The number of anilines is 1. The number of benzene rings is 1. The highest BCUT2D eigenvalue weighted by Crippen LogP contribution is 2.31. The third-order valence-corrected chi connectivity index (χ3v) is 4.22. The zero-order valence-electron chi connectivity index (χ0n) is 10.9. The van der Waals surface area contributed by atoms with Crippen LogP contribution in [-0.2, 0) is 11.3 Å². The number of halogens is 3. The molecule has 1 heterocycles. The van der Waals surface area contributed by atoms with Gasteiger partial charge in [0.15, 0.2) is 5.82 Å². The van der Waals surface area contributed by atoms with Gasteiger partial charge in [-0.15, -0.1) is 0 Å². The minimum absolute atomic E-state index is 0.0233. The van der Waals surface area contributed by atoms with E-state index in [1.54, 1.807) is 18.3 Å². The summed E-state index contributed by atoms with van der Waals surface area (Å²) in [7, 11) is 0. The van der Waals surface area contributed by atoms with Crippen molar-refractivity contribution in [1.29, 1.82) is 0 Å². The lowest BCUT2D eigenvalue weighted by Crippen LogP contribution is -2.14. The van der Waals surface area contributed by atoms with E-state index in [0.29, 0.717) is 20.9 Å². The van der Waals surface area contributed by atoms with Crippen LogP contribution < -0.4 is 5.32 Å². The fourth-order valence-electron chi connectivity index (χ4n) is 1.97. The predicted octanol–water partition coefficient (Wildman–Crippen LogP) is 3.83. The second kappa shape index (κ2) is 5.77. The van der Waals surface area contributed by atoms with Gasteiger partial charge in [0.1, 0.15) is 5.82 Å². The number of carbonyl (C=O) groups is 1. The van der Waals surface area contributed by atoms with Crippen LogP contribution >= 0.6 is 27.5 Å². The van der Waals surface area contributed by atoms with Gasteiger partial charge in [-0.2, -0.15) is 5.10 Å². The average Bonchev–Trinajstić information content (AvgIpc) is 3.21. The molecule has 0 spiro atoms. The van der Waals surface area contributed by atoms with E-state index in [-0.39, 0.29) is 24.2 Å². The van der Waals surface area contributed by atoms with E-state index < -0.39 is 0 Å². The standard InChI is InChI=1S/C14H12BrClFN3O/c15-10-7-20(6-9-11(16)2-1-3-12(9)17)19-13(10)18-14(21)8-4-5-8/h1-3,7-8H,4-6H2,(H,18,19,21). The Morgan fingerprint density at radius 1 is 1.52 bits per heavy atom. The SMILES string of the molecule is O=C(Nc1nn(Cc2c(F)cccc2Cl)cc1Br)C1CC1. The molecule has 0 atom stereocenters. The van der Waals surface area contributed by atoms with E-state index in [1.807, 2.05) is 0 Å². The lowest BCUT2D eigenvalue weighted by Gasteiger charge is -2.06. The lowest BCUT2D eigenvalue weighted by molar-refractivity contribution is -0.117. The monoisotopic (exact) mass is 371 g/mol. The van der Waals surface area contributed by atoms with E-state index in [2.05, 4.69) is 26.3 Å². The first kappa shape index (κ1) is 14.5. The van der Waals surface area contributed by atoms with Gasteiger partial charge in [0.2, 0.25) is 5.91 Å². The molecule has 0 aliphatic heterocycles. The van der Waals surface area contributed by atoms with Crippen molar-refractivity contribution in [3.8, 4) is 0 Å². The molecule has 1 N–H and O–H groups in total. The van der Waals surface area contributed by atoms with Crippen LogP contribution in [0.15, 0.2) is 28.9 Å². The third kappa shape index (κ3) is 3.27. The third-order valence-electron chi connectivity index (χ3n) is 3.29. The molecule has 1 aromatic carbocycles. The van der Waals surface area contributed by atoms with Crippen LogP contribution in [0, 0.1) is 11.7 Å². The summed E-state index contributed by atoms with van der Waals surface area (Å²) in [4.78, 5) is 11.7. The minimum atomic E-state index is -0.377. The van der Waals surface area contributed by atoms with Gasteiger partial charge in [-0.05, 0) is 40.9 Å². The van der Waals surface area contributed by atoms with Gasteiger partial charge < -0.3 is 5.32 Å². The van der Waals surface area contributed by atoms with Crippen LogP contribution in [0.2, 0.25) is 5.02 Å². The summed E-state index contributed by atoms with van der Waals surface area (Å²) in [6.07, 6.45) is 3.54. The molecule has 0 saturated heterocycles. The molecule has 0 bridgehead atoms. The Morgan fingerprint density at radius 3 is 2.95 bits per heavy atom. The number of nitrogens with zero attached hydrogens (tertiary/aromatic N) is 2. The van der Waals surface area contributed by atoms with Gasteiger partial charge in [-0.1, -0.05) is 17.7 Å². The fraction of sp³-hybridized carbons (Fsp3) is 0.286. The zero-order valence-corrected chi connectivity index (χ0v) is 13.3. The maximum atomic E-state index is 13.8. The van der Waals surface area contributed by atoms with Crippen molar-refractivity contribution >= 4 is 39.3 Å². The van der Waals surface area contributed by atoms with E-state index in [0.717, 1.165) is 12.8 Å². The Kier molecular flexibility index (Phi) is 3.99. The van der Waals surface area contributed by atoms with Gasteiger partial charge in [0.05, 0.1) is 11.0 Å². The Bertz CT molecular complexity index is 679. The lowest BCUT2D eigenvalue weighted by atomic mass is 10.2. The molecule has 4 nitrogen and oxygen atoms in total. The molecule has 1 aliphatic carbocycles. The molecule has 2 aromatic rings. The molecule has 1 saturated carbocycles.